The molecular formula is C19H18FN3O3. The number of nitrogens with one attached hydrogen (secondary N) is 3. The summed E-state index contributed by atoms with van der Waals surface area (Å²) in [4.78, 5) is 35.5. The molecule has 134 valence electrons. The first kappa shape index (κ1) is 18.9. The van der Waals surface area contributed by atoms with Crippen molar-refractivity contribution < 1.29 is 18.8 Å². The van der Waals surface area contributed by atoms with Gasteiger partial charge in [0.1, 0.15) is 5.82 Å². The zero-order chi connectivity index (χ0) is 19.3. The maximum atomic E-state index is 13.7. The van der Waals surface area contributed by atoms with Crippen LogP contribution in [0.4, 0.5) is 21.5 Å². The molecule has 0 radical (unpaired) electrons. The van der Waals surface area contributed by atoms with Crippen molar-refractivity contribution >= 4 is 34.8 Å². The molecule has 0 bridgehead atoms. The van der Waals surface area contributed by atoms with E-state index in [0.717, 1.165) is 23.3 Å². The molecule has 2 aromatic carbocycles. The van der Waals surface area contributed by atoms with E-state index in [1.807, 2.05) is 32.0 Å². The highest BCUT2D eigenvalue weighted by atomic mass is 19.1. The van der Waals surface area contributed by atoms with Crippen LogP contribution in [0.3, 0.4) is 0 Å². The molecule has 26 heavy (non-hydrogen) atoms. The molecule has 7 heteroatoms. The van der Waals surface area contributed by atoms with Crippen molar-refractivity contribution in [1.82, 2.24) is 0 Å². The third-order valence-corrected chi connectivity index (χ3v) is 3.59. The Balaban J connectivity index is 2.11. The van der Waals surface area contributed by atoms with Crippen LogP contribution < -0.4 is 16.0 Å². The first-order valence-electron chi connectivity index (χ1n) is 7.73. The summed E-state index contributed by atoms with van der Waals surface area (Å²) >= 11 is 0. The van der Waals surface area contributed by atoms with Crippen LogP contribution >= 0.6 is 0 Å². The van der Waals surface area contributed by atoms with Gasteiger partial charge in [-0.2, -0.15) is 0 Å². The predicted octanol–water partition coefficient (Wildman–Crippen LogP) is 3.14. The summed E-state index contributed by atoms with van der Waals surface area (Å²) in [5.74, 6) is -3.05. The second kappa shape index (κ2) is 8.06. The van der Waals surface area contributed by atoms with Gasteiger partial charge in [-0.1, -0.05) is 24.8 Å². The van der Waals surface area contributed by atoms with E-state index in [4.69, 9.17) is 0 Å². The standard InChI is InChI=1S/C19H18FN3O3/c1-4-16(24)22-15-10-13(8-9-14(15)20)21-18(25)19(26)23-17-11(2)6-5-7-12(17)3/h4-10H,1H2,2-3H3,(H,21,25)(H,22,24)(H,23,26). The van der Waals surface area contributed by atoms with E-state index < -0.39 is 23.5 Å². The van der Waals surface area contributed by atoms with Crippen LogP contribution in [0, 0.1) is 19.7 Å². The van der Waals surface area contributed by atoms with Gasteiger partial charge in [-0.25, -0.2) is 4.39 Å². The second-order valence-electron chi connectivity index (χ2n) is 5.56. The quantitative estimate of drug-likeness (QED) is 0.582. The lowest BCUT2D eigenvalue weighted by molar-refractivity contribution is -0.133. The Kier molecular flexibility index (Phi) is 5.85. The van der Waals surface area contributed by atoms with Crippen molar-refractivity contribution in [2.45, 2.75) is 13.8 Å². The van der Waals surface area contributed by atoms with Gasteiger partial charge in [-0.3, -0.25) is 14.4 Å². The third kappa shape index (κ3) is 4.54. The number of hydrogen-bond donors (Lipinski definition) is 3. The topological polar surface area (TPSA) is 87.3 Å². The number of halogens is 1. The van der Waals surface area contributed by atoms with E-state index in [0.29, 0.717) is 5.69 Å². The van der Waals surface area contributed by atoms with Crippen LogP contribution in [0.1, 0.15) is 11.1 Å². The molecule has 0 spiro atoms. The molecule has 0 aliphatic rings. The van der Waals surface area contributed by atoms with Gasteiger partial charge in [0.05, 0.1) is 5.69 Å². The number of benzene rings is 2. The van der Waals surface area contributed by atoms with Gasteiger partial charge >= 0.3 is 11.8 Å². The van der Waals surface area contributed by atoms with Crippen molar-refractivity contribution in [3.05, 3.63) is 66.0 Å². The van der Waals surface area contributed by atoms with E-state index in [-0.39, 0.29) is 11.4 Å². The molecule has 0 aromatic heterocycles. The van der Waals surface area contributed by atoms with Crippen LogP contribution in [-0.4, -0.2) is 17.7 Å². The molecule has 6 nitrogen and oxygen atoms in total. The largest absolute Gasteiger partial charge is 0.320 e. The third-order valence-electron chi connectivity index (χ3n) is 3.59. The van der Waals surface area contributed by atoms with E-state index >= 15 is 0 Å². The Hall–Kier alpha value is -3.48. The summed E-state index contributed by atoms with van der Waals surface area (Å²) < 4.78 is 13.7. The van der Waals surface area contributed by atoms with Gasteiger partial charge in [-0.15, -0.1) is 0 Å². The molecule has 3 amide bonds. The zero-order valence-corrected chi connectivity index (χ0v) is 14.4. The van der Waals surface area contributed by atoms with Gasteiger partial charge in [-0.05, 0) is 49.2 Å². The normalized spacial score (nSPS) is 9.96. The molecule has 2 aromatic rings. The number of aryl methyl sites for hydroxylation is 2. The number of hydrogen-bond acceptors (Lipinski definition) is 3. The maximum Gasteiger partial charge on any atom is 0.314 e. The maximum absolute atomic E-state index is 13.7. The van der Waals surface area contributed by atoms with Gasteiger partial charge in [0.2, 0.25) is 5.91 Å². The van der Waals surface area contributed by atoms with Crippen molar-refractivity contribution in [1.29, 1.82) is 0 Å². The molecule has 0 atom stereocenters. The Bertz CT molecular complexity index is 873. The Morgan fingerprint density at radius 2 is 1.58 bits per heavy atom. The minimum absolute atomic E-state index is 0.136. The average molecular weight is 355 g/mol. The van der Waals surface area contributed by atoms with Crippen molar-refractivity contribution in [2.75, 3.05) is 16.0 Å². The highest BCUT2D eigenvalue weighted by Gasteiger charge is 2.17. The SMILES string of the molecule is C=CC(=O)Nc1cc(NC(=O)C(=O)Nc2c(C)cccc2C)ccc1F. The fraction of sp³-hybridized carbons (Fsp3) is 0.105. The number of anilines is 3. The number of carbonyl (C=O) groups excluding carboxylic acids is 3. The monoisotopic (exact) mass is 355 g/mol. The molecule has 3 N–H and O–H groups in total. The smallest absolute Gasteiger partial charge is 0.314 e. The number of rotatable bonds is 4. The van der Waals surface area contributed by atoms with Crippen molar-refractivity contribution in [2.24, 2.45) is 0 Å². The molecule has 2 rings (SSSR count). The number of para-hydroxylation sites is 1. The van der Waals surface area contributed by atoms with E-state index in [1.54, 1.807) is 0 Å². The summed E-state index contributed by atoms with van der Waals surface area (Å²) in [6.45, 7) is 6.91. The van der Waals surface area contributed by atoms with Crippen molar-refractivity contribution in [3.8, 4) is 0 Å². The lowest BCUT2D eigenvalue weighted by Gasteiger charge is -2.12. The van der Waals surface area contributed by atoms with E-state index in [2.05, 4.69) is 22.5 Å². The second-order valence-corrected chi connectivity index (χ2v) is 5.56. The summed E-state index contributed by atoms with van der Waals surface area (Å²) in [5.41, 5.74) is 2.23. The summed E-state index contributed by atoms with van der Waals surface area (Å²) in [6.07, 6.45) is 0.989. The zero-order valence-electron chi connectivity index (χ0n) is 14.4. The molecular weight excluding hydrogens is 337 g/mol. The summed E-state index contributed by atoms with van der Waals surface area (Å²) in [7, 11) is 0. The molecule has 0 saturated heterocycles. The fourth-order valence-corrected chi connectivity index (χ4v) is 2.25. The molecule has 0 saturated carbocycles. The van der Waals surface area contributed by atoms with Crippen LogP contribution in [0.2, 0.25) is 0 Å². The predicted molar refractivity (Wildman–Crippen MR) is 98.4 cm³/mol. The van der Waals surface area contributed by atoms with E-state index in [1.165, 1.54) is 12.1 Å². The highest BCUT2D eigenvalue weighted by Crippen LogP contribution is 2.21. The van der Waals surface area contributed by atoms with Crippen molar-refractivity contribution in [3.63, 3.8) is 0 Å². The first-order chi connectivity index (χ1) is 12.3. The van der Waals surface area contributed by atoms with Crippen LogP contribution in [-0.2, 0) is 14.4 Å². The van der Waals surface area contributed by atoms with Crippen LogP contribution in [0.15, 0.2) is 49.1 Å². The minimum atomic E-state index is -0.916. The van der Waals surface area contributed by atoms with Crippen LogP contribution in [0.5, 0.6) is 0 Å². The van der Waals surface area contributed by atoms with Crippen LogP contribution in [0.25, 0.3) is 0 Å². The lowest BCUT2D eigenvalue weighted by Crippen LogP contribution is -2.29. The Morgan fingerprint density at radius 3 is 2.19 bits per heavy atom. The van der Waals surface area contributed by atoms with Gasteiger partial charge in [0, 0.05) is 11.4 Å². The van der Waals surface area contributed by atoms with E-state index in [9.17, 15) is 18.8 Å². The average Bonchev–Trinajstić information content (AvgIpc) is 2.60. The fourth-order valence-electron chi connectivity index (χ4n) is 2.25. The number of carbonyl (C=O) groups is 3. The molecule has 0 fully saturated rings. The highest BCUT2D eigenvalue weighted by molar-refractivity contribution is 6.43. The molecule has 0 aliphatic heterocycles. The summed E-state index contributed by atoms with van der Waals surface area (Å²) in [6, 6.07) is 9.03. The Morgan fingerprint density at radius 1 is 0.962 bits per heavy atom. The minimum Gasteiger partial charge on any atom is -0.320 e. The number of amides is 3. The molecule has 0 unspecified atom stereocenters. The van der Waals surface area contributed by atoms with Gasteiger partial charge in [0.15, 0.2) is 0 Å². The molecule has 0 aliphatic carbocycles. The van der Waals surface area contributed by atoms with Gasteiger partial charge in [0.25, 0.3) is 0 Å². The Labute approximate surface area is 150 Å². The summed E-state index contributed by atoms with van der Waals surface area (Å²) in [5, 5.41) is 7.20. The van der Waals surface area contributed by atoms with Gasteiger partial charge < -0.3 is 16.0 Å². The lowest BCUT2D eigenvalue weighted by atomic mass is 10.1. The molecule has 0 heterocycles. The first-order valence-corrected chi connectivity index (χ1v) is 7.73.